The van der Waals surface area contributed by atoms with E-state index in [-0.39, 0.29) is 18.6 Å². The second kappa shape index (κ2) is 9.42. The van der Waals surface area contributed by atoms with E-state index >= 15 is 0 Å². The summed E-state index contributed by atoms with van der Waals surface area (Å²) in [5.41, 5.74) is 1.03. The highest BCUT2D eigenvalue weighted by Gasteiger charge is 2.36. The SMILES string of the molecule is CCN(C1=NC(=O)C2CCCCCCC2S1)c1ccc(OCOC)cc1. The third-order valence-corrected chi connectivity index (χ3v) is 6.41. The summed E-state index contributed by atoms with van der Waals surface area (Å²) in [4.78, 5) is 19.3. The van der Waals surface area contributed by atoms with Crippen LogP contribution in [0.5, 0.6) is 5.75 Å². The number of hydrogen-bond acceptors (Lipinski definition) is 5. The Hall–Kier alpha value is -1.53. The van der Waals surface area contributed by atoms with E-state index in [9.17, 15) is 4.79 Å². The van der Waals surface area contributed by atoms with E-state index in [1.54, 1.807) is 18.9 Å². The summed E-state index contributed by atoms with van der Waals surface area (Å²) in [7, 11) is 1.60. The van der Waals surface area contributed by atoms with Gasteiger partial charge in [0.05, 0.1) is 5.92 Å². The van der Waals surface area contributed by atoms with Crippen molar-refractivity contribution in [1.29, 1.82) is 0 Å². The molecule has 1 aliphatic heterocycles. The Kier molecular flexibility index (Phi) is 6.97. The van der Waals surface area contributed by atoms with Gasteiger partial charge in [0.1, 0.15) is 5.75 Å². The number of ether oxygens (including phenoxy) is 2. The molecule has 1 aliphatic carbocycles. The van der Waals surface area contributed by atoms with Crippen LogP contribution in [0.3, 0.4) is 0 Å². The highest BCUT2D eigenvalue weighted by Crippen LogP contribution is 2.38. The van der Waals surface area contributed by atoms with Crippen molar-refractivity contribution < 1.29 is 14.3 Å². The summed E-state index contributed by atoms with van der Waals surface area (Å²) in [6.07, 6.45) is 7.00. The number of amides is 1. The van der Waals surface area contributed by atoms with E-state index in [0.29, 0.717) is 5.25 Å². The molecule has 3 rings (SSSR count). The first-order valence-electron chi connectivity index (χ1n) is 9.51. The van der Waals surface area contributed by atoms with Gasteiger partial charge in [0, 0.05) is 24.6 Å². The average molecular weight is 377 g/mol. The lowest BCUT2D eigenvalue weighted by Gasteiger charge is -2.34. The smallest absolute Gasteiger partial charge is 0.252 e. The Morgan fingerprint density at radius 3 is 2.58 bits per heavy atom. The van der Waals surface area contributed by atoms with Crippen molar-refractivity contribution in [2.24, 2.45) is 10.9 Å². The zero-order valence-electron chi connectivity index (χ0n) is 15.6. The largest absolute Gasteiger partial charge is 0.468 e. The lowest BCUT2D eigenvalue weighted by atomic mass is 9.90. The van der Waals surface area contributed by atoms with Gasteiger partial charge in [0.15, 0.2) is 12.0 Å². The second-order valence-corrected chi connectivity index (χ2v) is 7.98. The number of hydrogen-bond donors (Lipinski definition) is 0. The van der Waals surface area contributed by atoms with Gasteiger partial charge in [-0.25, -0.2) is 0 Å². The zero-order valence-corrected chi connectivity index (χ0v) is 16.5. The van der Waals surface area contributed by atoms with E-state index in [2.05, 4.69) is 16.8 Å². The average Bonchev–Trinajstić information content (AvgIpc) is 2.63. The van der Waals surface area contributed by atoms with Crippen molar-refractivity contribution >= 4 is 28.5 Å². The second-order valence-electron chi connectivity index (χ2n) is 6.78. The van der Waals surface area contributed by atoms with E-state index in [0.717, 1.165) is 42.4 Å². The summed E-state index contributed by atoms with van der Waals surface area (Å²) in [5.74, 6) is 0.942. The molecular weight excluding hydrogens is 348 g/mol. The van der Waals surface area contributed by atoms with Gasteiger partial charge < -0.3 is 14.4 Å². The molecule has 5 nitrogen and oxygen atoms in total. The monoisotopic (exact) mass is 376 g/mol. The van der Waals surface area contributed by atoms with Gasteiger partial charge in [-0.2, -0.15) is 4.99 Å². The molecule has 2 atom stereocenters. The molecule has 26 heavy (non-hydrogen) atoms. The molecule has 1 amide bonds. The Balaban J connectivity index is 1.76. The predicted molar refractivity (Wildman–Crippen MR) is 107 cm³/mol. The molecule has 1 aromatic rings. The number of fused-ring (bicyclic) bond motifs is 1. The van der Waals surface area contributed by atoms with Crippen LogP contribution in [0.25, 0.3) is 0 Å². The summed E-state index contributed by atoms with van der Waals surface area (Å²) < 4.78 is 10.4. The summed E-state index contributed by atoms with van der Waals surface area (Å²) >= 11 is 1.79. The molecule has 142 valence electrons. The first-order chi connectivity index (χ1) is 12.7. The number of amidine groups is 1. The van der Waals surface area contributed by atoms with Gasteiger partial charge in [-0.3, -0.25) is 4.79 Å². The lowest BCUT2D eigenvalue weighted by molar-refractivity contribution is -0.122. The Labute approximate surface area is 160 Å². The minimum atomic E-state index is 0.0733. The maximum Gasteiger partial charge on any atom is 0.252 e. The van der Waals surface area contributed by atoms with Gasteiger partial charge in [-0.05, 0) is 44.0 Å². The fourth-order valence-electron chi connectivity index (χ4n) is 3.61. The zero-order chi connectivity index (χ0) is 18.4. The molecule has 1 heterocycles. The van der Waals surface area contributed by atoms with E-state index in [1.165, 1.54) is 19.3 Å². The number of aliphatic imine (C=N–C) groups is 1. The Morgan fingerprint density at radius 1 is 1.15 bits per heavy atom. The molecule has 2 unspecified atom stereocenters. The first-order valence-corrected chi connectivity index (χ1v) is 10.4. The molecule has 0 aromatic heterocycles. The van der Waals surface area contributed by atoms with Crippen LogP contribution in [0, 0.1) is 5.92 Å². The van der Waals surface area contributed by atoms with Gasteiger partial charge in [0.25, 0.3) is 5.91 Å². The molecule has 1 aromatic carbocycles. The molecule has 6 heteroatoms. The standard InChI is InChI=1S/C20H28N2O3S/c1-3-22(15-10-12-16(13-11-15)25-14-24-2)20-21-19(23)17-8-6-4-5-7-9-18(17)26-20/h10-13,17-18H,3-9,14H2,1-2H3. The van der Waals surface area contributed by atoms with E-state index in [1.807, 2.05) is 24.3 Å². The molecule has 0 saturated heterocycles. The van der Waals surface area contributed by atoms with Crippen LogP contribution in [0.1, 0.15) is 45.4 Å². The van der Waals surface area contributed by atoms with Gasteiger partial charge in [-0.1, -0.05) is 37.4 Å². The van der Waals surface area contributed by atoms with Gasteiger partial charge in [0.2, 0.25) is 0 Å². The highest BCUT2D eigenvalue weighted by molar-refractivity contribution is 8.14. The molecule has 0 spiro atoms. The van der Waals surface area contributed by atoms with Crippen molar-refractivity contribution in [2.75, 3.05) is 25.3 Å². The van der Waals surface area contributed by atoms with Gasteiger partial charge in [-0.15, -0.1) is 0 Å². The third kappa shape index (κ3) is 4.60. The molecule has 0 bridgehead atoms. The maximum atomic E-state index is 12.7. The maximum absolute atomic E-state index is 12.7. The van der Waals surface area contributed by atoms with Crippen molar-refractivity contribution in [3.05, 3.63) is 24.3 Å². The number of carbonyl (C=O) groups excluding carboxylic acids is 1. The molecule has 1 fully saturated rings. The Bertz CT molecular complexity index is 632. The highest BCUT2D eigenvalue weighted by atomic mass is 32.2. The van der Waals surface area contributed by atoms with E-state index < -0.39 is 0 Å². The molecule has 0 N–H and O–H groups in total. The lowest BCUT2D eigenvalue weighted by Crippen LogP contribution is -2.39. The van der Waals surface area contributed by atoms with E-state index in [4.69, 9.17) is 9.47 Å². The van der Waals surface area contributed by atoms with Crippen LogP contribution < -0.4 is 9.64 Å². The van der Waals surface area contributed by atoms with Gasteiger partial charge >= 0.3 is 0 Å². The number of rotatable bonds is 5. The van der Waals surface area contributed by atoms with Crippen molar-refractivity contribution in [2.45, 2.75) is 50.7 Å². The molecule has 2 aliphatic rings. The summed E-state index contributed by atoms with van der Waals surface area (Å²) in [5, 5.41) is 1.21. The summed E-state index contributed by atoms with van der Waals surface area (Å²) in [6.45, 7) is 3.10. The number of carbonyl (C=O) groups is 1. The fraction of sp³-hybridized carbons (Fsp3) is 0.600. The minimum absolute atomic E-state index is 0.0733. The molecule has 1 saturated carbocycles. The van der Waals surface area contributed by atoms with Crippen LogP contribution in [0.4, 0.5) is 5.69 Å². The summed E-state index contributed by atoms with van der Waals surface area (Å²) in [6, 6.07) is 7.86. The number of nitrogens with zero attached hydrogens (tertiary/aromatic N) is 2. The first kappa shape index (κ1) is 19.2. The normalized spacial score (nSPS) is 23.5. The van der Waals surface area contributed by atoms with Crippen molar-refractivity contribution in [3.8, 4) is 5.75 Å². The number of benzene rings is 1. The molecule has 0 radical (unpaired) electrons. The topological polar surface area (TPSA) is 51.1 Å². The quantitative estimate of drug-likeness (QED) is 0.710. The number of methoxy groups -OCH3 is 1. The Morgan fingerprint density at radius 2 is 1.88 bits per heavy atom. The predicted octanol–water partition coefficient (Wildman–Crippen LogP) is 4.46. The van der Waals surface area contributed by atoms with Crippen LogP contribution >= 0.6 is 11.8 Å². The molecular formula is C20H28N2O3S. The van der Waals surface area contributed by atoms with Crippen LogP contribution in [-0.4, -0.2) is 36.8 Å². The van der Waals surface area contributed by atoms with Crippen LogP contribution in [0.15, 0.2) is 29.3 Å². The fourth-order valence-corrected chi connectivity index (χ4v) is 5.09. The third-order valence-electron chi connectivity index (χ3n) is 5.02. The van der Waals surface area contributed by atoms with Crippen LogP contribution in [0.2, 0.25) is 0 Å². The number of thioether (sulfide) groups is 1. The van der Waals surface area contributed by atoms with Crippen molar-refractivity contribution in [3.63, 3.8) is 0 Å². The van der Waals surface area contributed by atoms with Crippen LogP contribution in [-0.2, 0) is 9.53 Å². The number of anilines is 1. The minimum Gasteiger partial charge on any atom is -0.468 e. The van der Waals surface area contributed by atoms with Crippen molar-refractivity contribution in [1.82, 2.24) is 0 Å².